The first-order chi connectivity index (χ1) is 13.1. The molecule has 132 valence electrons. The lowest BCUT2D eigenvalue weighted by molar-refractivity contribution is 0.0731. The smallest absolute Gasteiger partial charge is 0.343 e. The number of nitrogens with zero attached hydrogens (tertiary/aromatic N) is 1. The number of ether oxygens (including phenoxy) is 1. The molecule has 0 amide bonds. The molecule has 0 saturated heterocycles. The molecule has 5 heteroatoms. The predicted molar refractivity (Wildman–Crippen MR) is 102 cm³/mol. The zero-order valence-electron chi connectivity index (χ0n) is 14.5. The first kappa shape index (κ1) is 16.7. The second-order valence-corrected chi connectivity index (χ2v) is 6.08. The Morgan fingerprint density at radius 2 is 1.67 bits per heavy atom. The number of hydrogen-bond acceptors (Lipinski definition) is 5. The molecule has 0 aliphatic carbocycles. The van der Waals surface area contributed by atoms with Gasteiger partial charge in [0.1, 0.15) is 5.58 Å². The number of para-hydroxylation sites is 1. The quantitative estimate of drug-likeness (QED) is 0.509. The van der Waals surface area contributed by atoms with Crippen molar-refractivity contribution in [2.75, 3.05) is 0 Å². The van der Waals surface area contributed by atoms with Gasteiger partial charge in [0.05, 0.1) is 10.9 Å². The highest BCUT2D eigenvalue weighted by atomic mass is 16.5. The third-order valence-corrected chi connectivity index (χ3v) is 4.18. The summed E-state index contributed by atoms with van der Waals surface area (Å²) in [5, 5.41) is 0.353. The maximum absolute atomic E-state index is 13.0. The largest absolute Gasteiger partial charge is 0.452 e. The molecule has 2 aromatic heterocycles. The fraction of sp³-hybridized carbons (Fsp3) is 0.0455. The van der Waals surface area contributed by atoms with E-state index in [1.165, 1.54) is 24.5 Å². The minimum atomic E-state index is -0.645. The van der Waals surface area contributed by atoms with Crippen LogP contribution in [0.15, 0.2) is 82.3 Å². The Morgan fingerprint density at radius 3 is 2.41 bits per heavy atom. The van der Waals surface area contributed by atoms with Crippen LogP contribution in [-0.4, -0.2) is 11.0 Å². The number of carbonyl (C=O) groups excluding carboxylic acids is 1. The van der Waals surface area contributed by atoms with E-state index in [0.29, 0.717) is 22.1 Å². The zero-order valence-corrected chi connectivity index (χ0v) is 14.5. The molecule has 4 aromatic rings. The molecule has 0 aliphatic rings. The topological polar surface area (TPSA) is 69.4 Å². The molecule has 5 nitrogen and oxygen atoms in total. The SMILES string of the molecule is Cc1ccc(-c2oc3ccccc3c(=O)c2OC(=O)c2ccncc2)cc1. The molecule has 0 aliphatic heterocycles. The van der Waals surface area contributed by atoms with E-state index in [1.54, 1.807) is 24.3 Å². The van der Waals surface area contributed by atoms with E-state index in [0.717, 1.165) is 5.56 Å². The van der Waals surface area contributed by atoms with Crippen molar-refractivity contribution in [2.45, 2.75) is 6.92 Å². The van der Waals surface area contributed by atoms with Crippen LogP contribution < -0.4 is 10.2 Å². The lowest BCUT2D eigenvalue weighted by Crippen LogP contribution is -2.16. The Labute approximate surface area is 154 Å². The van der Waals surface area contributed by atoms with Crippen molar-refractivity contribution in [3.05, 3.63) is 94.4 Å². The van der Waals surface area contributed by atoms with Crippen LogP contribution in [-0.2, 0) is 0 Å². The second-order valence-electron chi connectivity index (χ2n) is 6.08. The maximum Gasteiger partial charge on any atom is 0.343 e. The van der Waals surface area contributed by atoms with E-state index >= 15 is 0 Å². The summed E-state index contributed by atoms with van der Waals surface area (Å²) < 4.78 is 11.4. The van der Waals surface area contributed by atoms with Gasteiger partial charge in [-0.25, -0.2) is 4.79 Å². The van der Waals surface area contributed by atoms with Gasteiger partial charge >= 0.3 is 5.97 Å². The first-order valence-electron chi connectivity index (χ1n) is 8.38. The first-order valence-corrected chi connectivity index (χ1v) is 8.38. The molecular formula is C22H15NO4. The monoisotopic (exact) mass is 357 g/mol. The molecule has 0 saturated carbocycles. The average Bonchev–Trinajstić information content (AvgIpc) is 2.71. The fourth-order valence-corrected chi connectivity index (χ4v) is 2.75. The predicted octanol–water partition coefficient (Wildman–Crippen LogP) is 4.38. The van der Waals surface area contributed by atoms with E-state index < -0.39 is 11.4 Å². The van der Waals surface area contributed by atoms with Gasteiger partial charge in [-0.2, -0.15) is 0 Å². The highest BCUT2D eigenvalue weighted by molar-refractivity contribution is 5.92. The summed E-state index contributed by atoms with van der Waals surface area (Å²) in [6.45, 7) is 1.96. The molecule has 0 radical (unpaired) electrons. The number of rotatable bonds is 3. The van der Waals surface area contributed by atoms with Crippen LogP contribution in [0, 0.1) is 6.92 Å². The van der Waals surface area contributed by atoms with Crippen molar-refractivity contribution in [3.8, 4) is 17.1 Å². The van der Waals surface area contributed by atoms with E-state index in [1.807, 2.05) is 31.2 Å². The summed E-state index contributed by atoms with van der Waals surface area (Å²) in [5.41, 5.74) is 2.06. The molecular weight excluding hydrogens is 342 g/mol. The van der Waals surface area contributed by atoms with Crippen molar-refractivity contribution < 1.29 is 13.9 Å². The summed E-state index contributed by atoms with van der Waals surface area (Å²) >= 11 is 0. The van der Waals surface area contributed by atoms with E-state index in [-0.39, 0.29) is 11.5 Å². The number of esters is 1. The summed E-state index contributed by atoms with van der Waals surface area (Å²) in [4.78, 5) is 29.4. The van der Waals surface area contributed by atoms with Crippen LogP contribution >= 0.6 is 0 Å². The van der Waals surface area contributed by atoms with E-state index in [4.69, 9.17) is 9.15 Å². The van der Waals surface area contributed by atoms with Crippen LogP contribution in [0.1, 0.15) is 15.9 Å². The normalized spacial score (nSPS) is 10.7. The summed E-state index contributed by atoms with van der Waals surface area (Å²) in [6.07, 6.45) is 2.97. The number of carbonyl (C=O) groups is 1. The van der Waals surface area contributed by atoms with Gasteiger partial charge in [-0.1, -0.05) is 42.0 Å². The van der Waals surface area contributed by atoms with Gasteiger partial charge in [0.25, 0.3) is 0 Å². The Balaban J connectivity index is 1.90. The van der Waals surface area contributed by atoms with Crippen LogP contribution in [0.3, 0.4) is 0 Å². The number of pyridine rings is 1. The fourth-order valence-electron chi connectivity index (χ4n) is 2.75. The van der Waals surface area contributed by atoms with Gasteiger partial charge in [0.15, 0.2) is 5.76 Å². The molecule has 0 atom stereocenters. The van der Waals surface area contributed by atoms with E-state index in [2.05, 4.69) is 4.98 Å². The van der Waals surface area contributed by atoms with E-state index in [9.17, 15) is 9.59 Å². The third kappa shape index (κ3) is 3.22. The Morgan fingerprint density at radius 1 is 0.963 bits per heavy atom. The highest BCUT2D eigenvalue weighted by Gasteiger charge is 2.21. The summed E-state index contributed by atoms with van der Waals surface area (Å²) in [7, 11) is 0. The minimum Gasteiger partial charge on any atom is -0.452 e. The Hall–Kier alpha value is -3.73. The van der Waals surface area contributed by atoms with Crippen molar-refractivity contribution >= 4 is 16.9 Å². The molecule has 0 unspecified atom stereocenters. The summed E-state index contributed by atoms with van der Waals surface area (Å²) in [5.74, 6) is -0.547. The highest BCUT2D eigenvalue weighted by Crippen LogP contribution is 2.31. The number of benzene rings is 2. The third-order valence-electron chi connectivity index (χ3n) is 4.18. The van der Waals surface area contributed by atoms with Crippen LogP contribution in [0.5, 0.6) is 5.75 Å². The number of fused-ring (bicyclic) bond motifs is 1. The molecule has 0 fully saturated rings. The molecule has 2 heterocycles. The maximum atomic E-state index is 13.0. The van der Waals surface area contributed by atoms with Crippen LogP contribution in [0.2, 0.25) is 0 Å². The van der Waals surface area contributed by atoms with Crippen molar-refractivity contribution in [1.29, 1.82) is 0 Å². The number of hydrogen-bond donors (Lipinski definition) is 0. The van der Waals surface area contributed by atoms with Gasteiger partial charge in [0.2, 0.25) is 11.2 Å². The number of aryl methyl sites for hydroxylation is 1. The molecule has 0 N–H and O–H groups in total. The van der Waals surface area contributed by atoms with Crippen molar-refractivity contribution in [3.63, 3.8) is 0 Å². The molecule has 0 spiro atoms. The lowest BCUT2D eigenvalue weighted by atomic mass is 10.1. The zero-order chi connectivity index (χ0) is 18.8. The van der Waals surface area contributed by atoms with Crippen molar-refractivity contribution in [1.82, 2.24) is 4.98 Å². The molecule has 27 heavy (non-hydrogen) atoms. The van der Waals surface area contributed by atoms with Gasteiger partial charge in [-0.15, -0.1) is 0 Å². The van der Waals surface area contributed by atoms with Crippen molar-refractivity contribution in [2.24, 2.45) is 0 Å². The summed E-state index contributed by atoms with van der Waals surface area (Å²) in [6, 6.07) is 17.4. The van der Waals surface area contributed by atoms with Gasteiger partial charge in [-0.05, 0) is 31.2 Å². The minimum absolute atomic E-state index is 0.126. The molecule has 2 aromatic carbocycles. The lowest BCUT2D eigenvalue weighted by Gasteiger charge is -2.10. The Bertz CT molecular complexity index is 1180. The van der Waals surface area contributed by atoms with Crippen LogP contribution in [0.25, 0.3) is 22.3 Å². The standard InChI is InChI=1S/C22H15NO4/c1-14-6-8-15(9-7-14)20-21(27-22(25)16-10-12-23-13-11-16)19(24)17-4-2-3-5-18(17)26-20/h2-13H,1H3. The second kappa shape index (κ2) is 6.88. The van der Waals surface area contributed by atoms with Gasteiger partial charge in [0, 0.05) is 18.0 Å². The van der Waals surface area contributed by atoms with Crippen LogP contribution in [0.4, 0.5) is 0 Å². The molecule has 4 rings (SSSR count). The van der Waals surface area contributed by atoms with Gasteiger partial charge in [-0.3, -0.25) is 9.78 Å². The average molecular weight is 357 g/mol. The Kier molecular flexibility index (Phi) is 4.26. The molecule has 0 bridgehead atoms. The number of aromatic nitrogens is 1. The van der Waals surface area contributed by atoms with Gasteiger partial charge < -0.3 is 9.15 Å².